The van der Waals surface area contributed by atoms with Gasteiger partial charge in [0.15, 0.2) is 0 Å². The summed E-state index contributed by atoms with van der Waals surface area (Å²) < 4.78 is 4.96. The van der Waals surface area contributed by atoms with Gasteiger partial charge in [0.05, 0.1) is 29.0 Å². The van der Waals surface area contributed by atoms with E-state index >= 15 is 0 Å². The highest BCUT2D eigenvalue weighted by Crippen LogP contribution is 2.23. The van der Waals surface area contributed by atoms with Gasteiger partial charge in [-0.05, 0) is 18.2 Å². The molecule has 2 rings (SSSR count). The fourth-order valence-electron chi connectivity index (χ4n) is 1.41. The number of nitrogens with one attached hydrogen (secondary N) is 1. The molecule has 1 aromatic carbocycles. The third-order valence-corrected chi connectivity index (χ3v) is 2.34. The van der Waals surface area contributed by atoms with Gasteiger partial charge in [-0.2, -0.15) is 5.10 Å². The highest BCUT2D eigenvalue weighted by molar-refractivity contribution is 5.97. The van der Waals surface area contributed by atoms with Gasteiger partial charge in [-0.25, -0.2) is 5.43 Å². The molecule has 0 fully saturated rings. The monoisotopic (exact) mass is 275 g/mol. The summed E-state index contributed by atoms with van der Waals surface area (Å²) in [7, 11) is 0. The lowest BCUT2D eigenvalue weighted by atomic mass is 10.2. The molecule has 1 amide bonds. The molecule has 0 unspecified atom stereocenters. The van der Waals surface area contributed by atoms with Gasteiger partial charge in [0.2, 0.25) is 0 Å². The summed E-state index contributed by atoms with van der Waals surface area (Å²) in [6, 6.07) is 6.45. The van der Waals surface area contributed by atoms with Gasteiger partial charge in [0, 0.05) is 6.07 Å². The Bertz CT molecular complexity index is 664. The predicted molar refractivity (Wildman–Crippen MR) is 68.5 cm³/mol. The van der Waals surface area contributed by atoms with E-state index in [0.29, 0.717) is 5.76 Å². The van der Waals surface area contributed by atoms with Crippen LogP contribution in [0.2, 0.25) is 0 Å². The molecule has 0 radical (unpaired) electrons. The minimum atomic E-state index is -0.694. The number of non-ortho nitro benzene ring substituents is 1. The molecule has 0 bridgehead atoms. The molecule has 0 saturated carbocycles. The largest absolute Gasteiger partial charge is 0.507 e. The summed E-state index contributed by atoms with van der Waals surface area (Å²) in [5, 5.41) is 23.7. The smallest absolute Gasteiger partial charge is 0.275 e. The molecule has 8 heteroatoms. The molecule has 2 aromatic rings. The van der Waals surface area contributed by atoms with Crippen molar-refractivity contribution >= 4 is 17.8 Å². The van der Waals surface area contributed by atoms with Crippen LogP contribution in [-0.4, -0.2) is 22.2 Å². The number of carbonyl (C=O) groups excluding carboxylic acids is 1. The predicted octanol–water partition coefficient (Wildman–Crippen LogP) is 1.66. The molecule has 0 saturated heterocycles. The van der Waals surface area contributed by atoms with Crippen LogP contribution in [0.5, 0.6) is 5.75 Å². The second-order valence-corrected chi connectivity index (χ2v) is 3.67. The van der Waals surface area contributed by atoms with Gasteiger partial charge < -0.3 is 9.52 Å². The number of nitrogens with zero attached hydrogens (tertiary/aromatic N) is 2. The molecule has 1 heterocycles. The van der Waals surface area contributed by atoms with E-state index in [9.17, 15) is 20.0 Å². The maximum atomic E-state index is 11.7. The molecular weight excluding hydrogens is 266 g/mol. The Labute approximate surface area is 112 Å². The Hall–Kier alpha value is -3.16. The number of carbonyl (C=O) groups is 1. The number of nitro groups is 1. The van der Waals surface area contributed by atoms with Crippen molar-refractivity contribution in [3.8, 4) is 5.75 Å². The van der Waals surface area contributed by atoms with E-state index in [0.717, 1.165) is 18.2 Å². The Balaban J connectivity index is 2.08. The minimum absolute atomic E-state index is 0.118. The summed E-state index contributed by atoms with van der Waals surface area (Å²) in [6.45, 7) is 0. The van der Waals surface area contributed by atoms with Crippen molar-refractivity contribution in [2.45, 2.75) is 0 Å². The van der Waals surface area contributed by atoms with Crippen molar-refractivity contribution in [2.75, 3.05) is 0 Å². The number of amides is 1. The number of hydrazone groups is 1. The highest BCUT2D eigenvalue weighted by Gasteiger charge is 2.15. The molecule has 0 spiro atoms. The molecule has 0 atom stereocenters. The minimum Gasteiger partial charge on any atom is -0.507 e. The van der Waals surface area contributed by atoms with Crippen molar-refractivity contribution in [3.05, 3.63) is 58.0 Å². The van der Waals surface area contributed by atoms with Crippen LogP contribution in [0.25, 0.3) is 0 Å². The van der Waals surface area contributed by atoms with Gasteiger partial charge in [-0.1, -0.05) is 0 Å². The lowest BCUT2D eigenvalue weighted by Gasteiger charge is -2.02. The lowest BCUT2D eigenvalue weighted by molar-refractivity contribution is -0.384. The van der Waals surface area contributed by atoms with Crippen LogP contribution in [0.4, 0.5) is 5.69 Å². The highest BCUT2D eigenvalue weighted by atomic mass is 16.6. The summed E-state index contributed by atoms with van der Waals surface area (Å²) in [4.78, 5) is 21.5. The van der Waals surface area contributed by atoms with Crippen molar-refractivity contribution in [1.82, 2.24) is 5.43 Å². The third-order valence-electron chi connectivity index (χ3n) is 2.34. The fourth-order valence-corrected chi connectivity index (χ4v) is 1.41. The number of aromatic hydroxyl groups is 1. The average Bonchev–Trinajstić information content (AvgIpc) is 2.91. The van der Waals surface area contributed by atoms with E-state index < -0.39 is 16.6 Å². The van der Waals surface area contributed by atoms with E-state index in [1.807, 2.05) is 0 Å². The summed E-state index contributed by atoms with van der Waals surface area (Å²) in [5.74, 6) is -0.747. The van der Waals surface area contributed by atoms with Gasteiger partial charge in [0.25, 0.3) is 11.6 Å². The number of benzene rings is 1. The van der Waals surface area contributed by atoms with Crippen LogP contribution in [-0.2, 0) is 0 Å². The molecule has 102 valence electrons. The summed E-state index contributed by atoms with van der Waals surface area (Å²) in [6.07, 6.45) is 2.73. The molecule has 0 aliphatic rings. The van der Waals surface area contributed by atoms with E-state index in [2.05, 4.69) is 10.5 Å². The normalized spacial score (nSPS) is 10.6. The number of furan rings is 1. The van der Waals surface area contributed by atoms with Crippen molar-refractivity contribution in [2.24, 2.45) is 5.10 Å². The first kappa shape index (κ1) is 13.3. The van der Waals surface area contributed by atoms with Gasteiger partial charge in [-0.3, -0.25) is 14.9 Å². The summed E-state index contributed by atoms with van der Waals surface area (Å²) in [5.41, 5.74) is 1.74. The van der Waals surface area contributed by atoms with Gasteiger partial charge in [-0.15, -0.1) is 0 Å². The second-order valence-electron chi connectivity index (χ2n) is 3.67. The zero-order valence-electron chi connectivity index (χ0n) is 10.0. The molecule has 0 aliphatic carbocycles. The Morgan fingerprint density at radius 3 is 2.85 bits per heavy atom. The molecule has 2 N–H and O–H groups in total. The number of rotatable bonds is 4. The van der Waals surface area contributed by atoms with Crippen molar-refractivity contribution < 1.29 is 19.2 Å². The van der Waals surface area contributed by atoms with Gasteiger partial charge in [0.1, 0.15) is 11.5 Å². The van der Waals surface area contributed by atoms with Crippen LogP contribution in [0, 0.1) is 10.1 Å². The quantitative estimate of drug-likeness (QED) is 0.499. The van der Waals surface area contributed by atoms with E-state index in [1.165, 1.54) is 12.5 Å². The SMILES string of the molecule is O=C(N/N=C/c1ccco1)c1ccc([N+](=O)[O-])cc1O. The molecule has 0 aliphatic heterocycles. The molecular formula is C12H9N3O5. The zero-order chi connectivity index (χ0) is 14.5. The van der Waals surface area contributed by atoms with Crippen LogP contribution in [0.1, 0.15) is 16.1 Å². The molecule has 20 heavy (non-hydrogen) atoms. The summed E-state index contributed by atoms with van der Waals surface area (Å²) >= 11 is 0. The first-order valence-electron chi connectivity index (χ1n) is 5.42. The van der Waals surface area contributed by atoms with Crippen molar-refractivity contribution in [1.29, 1.82) is 0 Å². The Morgan fingerprint density at radius 2 is 2.25 bits per heavy atom. The number of hydrogen-bond acceptors (Lipinski definition) is 6. The standard InChI is InChI=1S/C12H9N3O5/c16-11-6-8(15(18)19)3-4-10(11)12(17)14-13-7-9-2-1-5-20-9/h1-7,16H,(H,14,17)/b13-7+. The first-order chi connectivity index (χ1) is 9.58. The number of hydrogen-bond donors (Lipinski definition) is 2. The maximum Gasteiger partial charge on any atom is 0.275 e. The van der Waals surface area contributed by atoms with Crippen LogP contribution in [0.15, 0.2) is 46.1 Å². The lowest BCUT2D eigenvalue weighted by Crippen LogP contribution is -2.17. The van der Waals surface area contributed by atoms with E-state index in [4.69, 9.17) is 4.42 Å². The fraction of sp³-hybridized carbons (Fsp3) is 0. The number of nitro benzene ring substituents is 1. The van der Waals surface area contributed by atoms with Crippen molar-refractivity contribution in [3.63, 3.8) is 0 Å². The van der Waals surface area contributed by atoms with E-state index in [1.54, 1.807) is 12.1 Å². The average molecular weight is 275 g/mol. The topological polar surface area (TPSA) is 118 Å². The van der Waals surface area contributed by atoms with Crippen LogP contribution >= 0.6 is 0 Å². The Morgan fingerprint density at radius 1 is 1.45 bits per heavy atom. The number of phenols is 1. The van der Waals surface area contributed by atoms with Gasteiger partial charge >= 0.3 is 0 Å². The molecule has 1 aromatic heterocycles. The molecule has 8 nitrogen and oxygen atoms in total. The second kappa shape index (κ2) is 5.65. The van der Waals surface area contributed by atoms with E-state index in [-0.39, 0.29) is 11.3 Å². The zero-order valence-corrected chi connectivity index (χ0v) is 10.0. The first-order valence-corrected chi connectivity index (χ1v) is 5.42. The Kier molecular flexibility index (Phi) is 3.75. The third kappa shape index (κ3) is 2.99. The van der Waals surface area contributed by atoms with Crippen LogP contribution in [0.3, 0.4) is 0 Å². The number of phenolic OH excluding ortho intramolecular Hbond substituents is 1. The van der Waals surface area contributed by atoms with Crippen LogP contribution < -0.4 is 5.43 Å². The maximum absolute atomic E-state index is 11.7.